The number of anilines is 1. The Morgan fingerprint density at radius 2 is 2.22 bits per heavy atom. The van der Waals surface area contributed by atoms with Gasteiger partial charge in [-0.25, -0.2) is 4.98 Å². The summed E-state index contributed by atoms with van der Waals surface area (Å²) >= 11 is 0. The molecular formula is C15H25N3. The monoisotopic (exact) mass is 247 g/mol. The molecule has 2 heterocycles. The van der Waals surface area contributed by atoms with Gasteiger partial charge in [0.05, 0.1) is 0 Å². The van der Waals surface area contributed by atoms with Gasteiger partial charge in [0.2, 0.25) is 0 Å². The third-order valence-corrected chi connectivity index (χ3v) is 3.67. The van der Waals surface area contributed by atoms with Crippen LogP contribution in [0, 0.1) is 12.8 Å². The van der Waals surface area contributed by atoms with E-state index in [9.17, 15) is 0 Å². The Balaban J connectivity index is 2.14. The molecule has 1 unspecified atom stereocenters. The van der Waals surface area contributed by atoms with Crippen LogP contribution in [-0.4, -0.2) is 31.7 Å². The SMILES string of the molecule is CNCC1CCN(c2cc(C)cc(C(C)C)n2)C1. The smallest absolute Gasteiger partial charge is 0.129 e. The number of pyridine rings is 1. The average molecular weight is 247 g/mol. The third-order valence-electron chi connectivity index (χ3n) is 3.67. The molecule has 0 saturated carbocycles. The number of nitrogens with one attached hydrogen (secondary N) is 1. The van der Waals surface area contributed by atoms with Crippen LogP contribution in [0.25, 0.3) is 0 Å². The summed E-state index contributed by atoms with van der Waals surface area (Å²) in [6.45, 7) is 9.96. The van der Waals surface area contributed by atoms with Gasteiger partial charge >= 0.3 is 0 Å². The number of hydrogen-bond acceptors (Lipinski definition) is 3. The van der Waals surface area contributed by atoms with Crippen molar-refractivity contribution in [2.45, 2.75) is 33.1 Å². The summed E-state index contributed by atoms with van der Waals surface area (Å²) in [7, 11) is 2.03. The fraction of sp³-hybridized carbons (Fsp3) is 0.667. The number of hydrogen-bond donors (Lipinski definition) is 1. The molecule has 1 N–H and O–H groups in total. The van der Waals surface area contributed by atoms with Gasteiger partial charge in [0.1, 0.15) is 5.82 Å². The first-order valence-electron chi connectivity index (χ1n) is 6.98. The van der Waals surface area contributed by atoms with Crippen molar-refractivity contribution in [1.29, 1.82) is 0 Å². The highest BCUT2D eigenvalue weighted by Gasteiger charge is 2.23. The highest BCUT2D eigenvalue weighted by atomic mass is 15.2. The second kappa shape index (κ2) is 5.70. The van der Waals surface area contributed by atoms with Crippen LogP contribution < -0.4 is 10.2 Å². The second-order valence-electron chi connectivity index (χ2n) is 5.74. The number of rotatable bonds is 4. The van der Waals surface area contributed by atoms with Gasteiger partial charge in [-0.2, -0.15) is 0 Å². The van der Waals surface area contributed by atoms with Gasteiger partial charge in [0, 0.05) is 18.8 Å². The summed E-state index contributed by atoms with van der Waals surface area (Å²) in [4.78, 5) is 7.25. The van der Waals surface area contributed by atoms with Crippen molar-refractivity contribution in [3.63, 3.8) is 0 Å². The van der Waals surface area contributed by atoms with E-state index in [0.717, 1.165) is 31.4 Å². The maximum absolute atomic E-state index is 4.82. The van der Waals surface area contributed by atoms with E-state index in [2.05, 4.69) is 43.1 Å². The Morgan fingerprint density at radius 1 is 1.44 bits per heavy atom. The molecule has 1 aromatic heterocycles. The predicted octanol–water partition coefficient (Wildman–Crippen LogP) is 2.56. The molecule has 0 spiro atoms. The summed E-state index contributed by atoms with van der Waals surface area (Å²) in [5.41, 5.74) is 2.53. The highest BCUT2D eigenvalue weighted by molar-refractivity contribution is 5.44. The molecule has 100 valence electrons. The van der Waals surface area contributed by atoms with Crippen LogP contribution in [0.2, 0.25) is 0 Å². The number of aromatic nitrogens is 1. The van der Waals surface area contributed by atoms with E-state index in [1.807, 2.05) is 7.05 Å². The molecule has 0 aromatic carbocycles. The standard InChI is InChI=1S/C15H25N3/c1-11(2)14-7-12(3)8-15(17-14)18-6-5-13(10-18)9-16-4/h7-8,11,13,16H,5-6,9-10H2,1-4H3. The Hall–Kier alpha value is -1.09. The molecule has 1 aromatic rings. The largest absolute Gasteiger partial charge is 0.356 e. The van der Waals surface area contributed by atoms with Gasteiger partial charge in [0.15, 0.2) is 0 Å². The van der Waals surface area contributed by atoms with E-state index in [-0.39, 0.29) is 0 Å². The van der Waals surface area contributed by atoms with Crippen LogP contribution in [0.4, 0.5) is 5.82 Å². The zero-order chi connectivity index (χ0) is 13.1. The van der Waals surface area contributed by atoms with Gasteiger partial charge in [-0.15, -0.1) is 0 Å². The van der Waals surface area contributed by atoms with Crippen LogP contribution in [0.15, 0.2) is 12.1 Å². The molecule has 0 aliphatic carbocycles. The molecule has 1 fully saturated rings. The highest BCUT2D eigenvalue weighted by Crippen LogP contribution is 2.25. The van der Waals surface area contributed by atoms with E-state index < -0.39 is 0 Å². The predicted molar refractivity (Wildman–Crippen MR) is 77.3 cm³/mol. The maximum atomic E-state index is 4.82. The normalized spacial score (nSPS) is 19.8. The molecule has 1 aliphatic heterocycles. The number of aryl methyl sites for hydroxylation is 1. The van der Waals surface area contributed by atoms with Gasteiger partial charge in [-0.3, -0.25) is 0 Å². The first-order valence-corrected chi connectivity index (χ1v) is 6.98. The fourth-order valence-electron chi connectivity index (χ4n) is 2.63. The van der Waals surface area contributed by atoms with Gasteiger partial charge in [-0.05, 0) is 56.5 Å². The van der Waals surface area contributed by atoms with Crippen molar-refractivity contribution in [2.24, 2.45) is 5.92 Å². The fourth-order valence-corrected chi connectivity index (χ4v) is 2.63. The topological polar surface area (TPSA) is 28.2 Å². The molecule has 1 saturated heterocycles. The van der Waals surface area contributed by atoms with E-state index in [4.69, 9.17) is 4.98 Å². The molecule has 3 heteroatoms. The molecular weight excluding hydrogens is 222 g/mol. The lowest BCUT2D eigenvalue weighted by Crippen LogP contribution is -2.25. The summed E-state index contributed by atoms with van der Waals surface area (Å²) in [5, 5.41) is 3.28. The summed E-state index contributed by atoms with van der Waals surface area (Å²) < 4.78 is 0. The molecule has 2 rings (SSSR count). The lowest BCUT2D eigenvalue weighted by molar-refractivity contribution is 0.549. The minimum absolute atomic E-state index is 0.499. The number of nitrogens with zero attached hydrogens (tertiary/aromatic N) is 2. The Kier molecular flexibility index (Phi) is 4.23. The zero-order valence-corrected chi connectivity index (χ0v) is 12.0. The van der Waals surface area contributed by atoms with Crippen LogP contribution in [0.5, 0.6) is 0 Å². The minimum atomic E-state index is 0.499. The quantitative estimate of drug-likeness (QED) is 0.886. The zero-order valence-electron chi connectivity index (χ0n) is 12.0. The van der Waals surface area contributed by atoms with Crippen molar-refractivity contribution >= 4 is 5.82 Å². The van der Waals surface area contributed by atoms with E-state index in [1.54, 1.807) is 0 Å². The minimum Gasteiger partial charge on any atom is -0.356 e. The average Bonchev–Trinajstić information content (AvgIpc) is 2.77. The van der Waals surface area contributed by atoms with Crippen LogP contribution in [0.3, 0.4) is 0 Å². The van der Waals surface area contributed by atoms with Gasteiger partial charge in [0.25, 0.3) is 0 Å². The van der Waals surface area contributed by atoms with E-state index in [1.165, 1.54) is 17.7 Å². The first kappa shape index (κ1) is 13.3. The van der Waals surface area contributed by atoms with Crippen LogP contribution in [-0.2, 0) is 0 Å². The van der Waals surface area contributed by atoms with Crippen molar-refractivity contribution in [1.82, 2.24) is 10.3 Å². The van der Waals surface area contributed by atoms with Gasteiger partial charge in [-0.1, -0.05) is 13.8 Å². The molecule has 0 radical (unpaired) electrons. The summed E-state index contributed by atoms with van der Waals surface area (Å²) in [5.74, 6) is 2.43. The molecule has 0 bridgehead atoms. The molecule has 0 amide bonds. The second-order valence-corrected chi connectivity index (χ2v) is 5.74. The first-order chi connectivity index (χ1) is 8.60. The molecule has 18 heavy (non-hydrogen) atoms. The Bertz CT molecular complexity index is 401. The van der Waals surface area contributed by atoms with Crippen molar-refractivity contribution in [2.75, 3.05) is 31.6 Å². The van der Waals surface area contributed by atoms with Crippen molar-refractivity contribution in [3.05, 3.63) is 23.4 Å². The Morgan fingerprint density at radius 3 is 2.89 bits per heavy atom. The Labute approximate surface area is 111 Å². The lowest BCUT2D eigenvalue weighted by atomic mass is 10.1. The molecule has 1 atom stereocenters. The third kappa shape index (κ3) is 3.02. The van der Waals surface area contributed by atoms with E-state index >= 15 is 0 Å². The molecule has 1 aliphatic rings. The summed E-state index contributed by atoms with van der Waals surface area (Å²) in [6.07, 6.45) is 1.27. The molecule has 3 nitrogen and oxygen atoms in total. The van der Waals surface area contributed by atoms with Crippen molar-refractivity contribution < 1.29 is 0 Å². The lowest BCUT2D eigenvalue weighted by Gasteiger charge is -2.20. The van der Waals surface area contributed by atoms with E-state index in [0.29, 0.717) is 5.92 Å². The van der Waals surface area contributed by atoms with Gasteiger partial charge < -0.3 is 10.2 Å². The maximum Gasteiger partial charge on any atom is 0.129 e. The van der Waals surface area contributed by atoms with Crippen LogP contribution >= 0.6 is 0 Å². The van der Waals surface area contributed by atoms with Crippen molar-refractivity contribution in [3.8, 4) is 0 Å². The summed E-state index contributed by atoms with van der Waals surface area (Å²) in [6, 6.07) is 4.42. The van der Waals surface area contributed by atoms with Crippen LogP contribution in [0.1, 0.15) is 37.4 Å².